The molecule has 1 aromatic carbocycles. The maximum atomic E-state index is 11.4. The predicted octanol–water partition coefficient (Wildman–Crippen LogP) is 1.85. The van der Waals surface area contributed by atoms with Crippen LogP contribution in [-0.4, -0.2) is 65.3 Å². The molecule has 7 atom stereocenters. The number of carbonyl (C=O) groups is 1. The standard InChI is InChI=1S/C23H26O7/c1-22-17(25)10-11-18(26)23(22,30-22)21(20-16(12-24)28-20)29-15-9-5-7-13-6-3-4-8-14(27-2)19(13)15/h3,5-9,12,16-18,20-21,25-26H,4,10-11H2,1-2H3. The smallest absolute Gasteiger partial charge is 0.165 e. The lowest BCUT2D eigenvalue weighted by Gasteiger charge is -2.36. The number of aliphatic hydroxyl groups is 2. The number of hydrogen-bond donors (Lipinski definition) is 2. The van der Waals surface area contributed by atoms with Gasteiger partial charge in [0.25, 0.3) is 0 Å². The molecular formula is C23H26O7. The van der Waals surface area contributed by atoms with Gasteiger partial charge in [-0.25, -0.2) is 0 Å². The molecular weight excluding hydrogens is 388 g/mol. The van der Waals surface area contributed by atoms with Gasteiger partial charge in [0, 0.05) is 0 Å². The van der Waals surface area contributed by atoms with Crippen LogP contribution in [0.25, 0.3) is 11.8 Å². The summed E-state index contributed by atoms with van der Waals surface area (Å²) >= 11 is 0. The quantitative estimate of drug-likeness (QED) is 0.541. The molecule has 2 N–H and O–H groups in total. The molecule has 0 amide bonds. The summed E-state index contributed by atoms with van der Waals surface area (Å²) in [4.78, 5) is 11.4. The van der Waals surface area contributed by atoms with Gasteiger partial charge in [-0.1, -0.05) is 24.3 Å². The van der Waals surface area contributed by atoms with Gasteiger partial charge in [-0.3, -0.25) is 0 Å². The van der Waals surface area contributed by atoms with Crippen LogP contribution in [0.3, 0.4) is 0 Å². The average Bonchev–Trinajstić information content (AvgIpc) is 3.64. The van der Waals surface area contributed by atoms with E-state index in [0.29, 0.717) is 24.4 Å². The Bertz CT molecular complexity index is 924. The predicted molar refractivity (Wildman–Crippen MR) is 108 cm³/mol. The second-order valence-corrected chi connectivity index (χ2v) is 8.48. The molecule has 4 aliphatic rings. The second-order valence-electron chi connectivity index (χ2n) is 8.48. The van der Waals surface area contributed by atoms with E-state index in [-0.39, 0.29) is 0 Å². The van der Waals surface area contributed by atoms with Crippen LogP contribution in [0.5, 0.6) is 5.75 Å². The first kappa shape index (κ1) is 19.8. The fraction of sp³-hybridized carbons (Fsp3) is 0.522. The van der Waals surface area contributed by atoms with Crippen LogP contribution >= 0.6 is 0 Å². The summed E-state index contributed by atoms with van der Waals surface area (Å²) in [6.45, 7) is 1.78. The number of aldehydes is 1. The Labute approximate surface area is 174 Å². The number of allylic oxidation sites excluding steroid dienone is 2. The van der Waals surface area contributed by atoms with Crippen LogP contribution in [0.2, 0.25) is 0 Å². The number of rotatable bonds is 6. The summed E-state index contributed by atoms with van der Waals surface area (Å²) in [6, 6.07) is 5.69. The number of benzene rings is 1. The van der Waals surface area contributed by atoms with Crippen LogP contribution in [-0.2, 0) is 19.0 Å². The number of hydrogen-bond acceptors (Lipinski definition) is 7. The van der Waals surface area contributed by atoms with Crippen molar-refractivity contribution in [3.05, 3.63) is 41.5 Å². The van der Waals surface area contributed by atoms with E-state index in [1.165, 1.54) is 0 Å². The third-order valence-corrected chi connectivity index (χ3v) is 6.89. The minimum absolute atomic E-state index is 0.383. The number of ether oxygens (including phenoxy) is 4. The van der Waals surface area contributed by atoms with Crippen molar-refractivity contribution in [2.45, 2.75) is 67.9 Å². The number of fused-ring (bicyclic) bond motifs is 2. The van der Waals surface area contributed by atoms with Crippen LogP contribution in [0, 0.1) is 0 Å². The molecule has 0 radical (unpaired) electrons. The highest BCUT2D eigenvalue weighted by atomic mass is 16.7. The van der Waals surface area contributed by atoms with E-state index in [1.54, 1.807) is 14.0 Å². The molecule has 0 spiro atoms. The van der Waals surface area contributed by atoms with Crippen LogP contribution < -0.4 is 4.74 Å². The van der Waals surface area contributed by atoms with Crippen LogP contribution in [0.4, 0.5) is 0 Å². The van der Waals surface area contributed by atoms with E-state index >= 15 is 0 Å². The van der Waals surface area contributed by atoms with E-state index in [1.807, 2.05) is 36.4 Å². The van der Waals surface area contributed by atoms with Gasteiger partial charge in [0.2, 0.25) is 0 Å². The zero-order chi connectivity index (χ0) is 21.1. The molecule has 2 aliphatic carbocycles. The average molecular weight is 414 g/mol. The molecule has 2 saturated heterocycles. The van der Waals surface area contributed by atoms with Crippen molar-refractivity contribution in [2.75, 3.05) is 7.11 Å². The van der Waals surface area contributed by atoms with Crippen molar-refractivity contribution in [3.63, 3.8) is 0 Å². The first-order valence-corrected chi connectivity index (χ1v) is 10.3. The molecule has 0 bridgehead atoms. The highest BCUT2D eigenvalue weighted by Crippen LogP contribution is 2.62. The van der Waals surface area contributed by atoms with Crippen molar-refractivity contribution in [3.8, 4) is 5.75 Å². The van der Waals surface area contributed by atoms with Gasteiger partial charge < -0.3 is 34.0 Å². The minimum Gasteiger partial charge on any atom is -0.496 e. The molecule has 5 rings (SSSR count). The van der Waals surface area contributed by atoms with Gasteiger partial charge in [-0.15, -0.1) is 0 Å². The molecule has 7 unspecified atom stereocenters. The molecule has 7 nitrogen and oxygen atoms in total. The Balaban J connectivity index is 1.57. The van der Waals surface area contributed by atoms with Gasteiger partial charge in [0.1, 0.15) is 29.3 Å². The number of carbonyl (C=O) groups excluding carboxylic acids is 1. The van der Waals surface area contributed by atoms with E-state index in [9.17, 15) is 15.0 Å². The number of aliphatic hydroxyl groups excluding tert-OH is 2. The molecule has 30 heavy (non-hydrogen) atoms. The summed E-state index contributed by atoms with van der Waals surface area (Å²) in [6.07, 6.45) is 4.80. The number of methoxy groups -OCH3 is 1. The third-order valence-electron chi connectivity index (χ3n) is 6.89. The number of epoxide rings is 2. The monoisotopic (exact) mass is 414 g/mol. The third kappa shape index (κ3) is 2.69. The Morgan fingerprint density at radius 1 is 1.27 bits per heavy atom. The Morgan fingerprint density at radius 3 is 2.80 bits per heavy atom. The molecule has 3 fully saturated rings. The fourth-order valence-electron chi connectivity index (χ4n) is 5.12. The molecule has 2 heterocycles. The van der Waals surface area contributed by atoms with Crippen molar-refractivity contribution < 1.29 is 34.0 Å². The molecule has 1 saturated carbocycles. The normalized spacial score (nSPS) is 39.7. The molecule has 2 aliphatic heterocycles. The first-order valence-electron chi connectivity index (χ1n) is 10.3. The van der Waals surface area contributed by atoms with E-state index in [2.05, 4.69) is 0 Å². The van der Waals surface area contributed by atoms with Gasteiger partial charge in [0.15, 0.2) is 18.0 Å². The summed E-state index contributed by atoms with van der Waals surface area (Å²) in [7, 11) is 1.61. The molecule has 7 heteroatoms. The van der Waals surface area contributed by atoms with Gasteiger partial charge >= 0.3 is 0 Å². The minimum atomic E-state index is -1.15. The van der Waals surface area contributed by atoms with Crippen LogP contribution in [0.1, 0.15) is 37.3 Å². The SMILES string of the molecule is COC1=CCC=Cc2cccc(OC(C3OC3C=O)C34OC3(C)C(O)CCC4O)c21. The fourth-order valence-corrected chi connectivity index (χ4v) is 5.12. The second kappa shape index (κ2) is 6.92. The lowest BCUT2D eigenvalue weighted by molar-refractivity contribution is -0.108. The summed E-state index contributed by atoms with van der Waals surface area (Å²) in [5.41, 5.74) is -0.360. The van der Waals surface area contributed by atoms with Crippen molar-refractivity contribution in [1.82, 2.24) is 0 Å². The van der Waals surface area contributed by atoms with Gasteiger partial charge in [0.05, 0.1) is 24.9 Å². The molecule has 0 aromatic heterocycles. The highest BCUT2D eigenvalue weighted by Gasteiger charge is 2.82. The summed E-state index contributed by atoms with van der Waals surface area (Å²) in [5.74, 6) is 1.24. The maximum Gasteiger partial charge on any atom is 0.165 e. The summed E-state index contributed by atoms with van der Waals surface area (Å²) < 4.78 is 23.7. The van der Waals surface area contributed by atoms with Crippen molar-refractivity contribution in [2.24, 2.45) is 0 Å². The summed E-state index contributed by atoms with van der Waals surface area (Å²) in [5, 5.41) is 21.5. The topological polar surface area (TPSA) is 101 Å². The maximum absolute atomic E-state index is 11.4. The Kier molecular flexibility index (Phi) is 4.56. The largest absolute Gasteiger partial charge is 0.496 e. The first-order chi connectivity index (χ1) is 14.5. The van der Waals surface area contributed by atoms with Crippen molar-refractivity contribution in [1.29, 1.82) is 0 Å². The Hall–Kier alpha value is -2.19. The highest BCUT2D eigenvalue weighted by molar-refractivity contribution is 5.77. The van der Waals surface area contributed by atoms with Gasteiger partial charge in [-0.05, 0) is 43.9 Å². The van der Waals surface area contributed by atoms with E-state index < -0.39 is 41.7 Å². The van der Waals surface area contributed by atoms with Gasteiger partial charge in [-0.2, -0.15) is 0 Å². The molecule has 160 valence electrons. The Morgan fingerprint density at radius 2 is 2.07 bits per heavy atom. The van der Waals surface area contributed by atoms with E-state index in [0.717, 1.165) is 23.8 Å². The lowest BCUT2D eigenvalue weighted by Crippen LogP contribution is -2.57. The zero-order valence-corrected chi connectivity index (χ0v) is 17.0. The molecule has 1 aromatic rings. The van der Waals surface area contributed by atoms with Crippen molar-refractivity contribution >= 4 is 18.1 Å². The van der Waals surface area contributed by atoms with E-state index in [4.69, 9.17) is 18.9 Å². The zero-order valence-electron chi connectivity index (χ0n) is 17.0. The lowest BCUT2D eigenvalue weighted by atomic mass is 9.72. The van der Waals surface area contributed by atoms with Crippen LogP contribution in [0.15, 0.2) is 30.4 Å².